The van der Waals surface area contributed by atoms with E-state index < -0.39 is 18.8 Å². The Kier molecular flexibility index (Phi) is 23.2. The third kappa shape index (κ3) is 26.8. The third-order valence-electron chi connectivity index (χ3n) is 0.231. The molecule has 0 radical (unpaired) electrons. The van der Waals surface area contributed by atoms with Crippen molar-refractivity contribution in [3.8, 4) is 0 Å². The molecule has 0 unspecified atom stereocenters. The van der Waals surface area contributed by atoms with Crippen molar-refractivity contribution in [3.63, 3.8) is 0 Å². The molecule has 0 heterocycles. The van der Waals surface area contributed by atoms with Crippen molar-refractivity contribution in [2.75, 3.05) is 0 Å². The van der Waals surface area contributed by atoms with Crippen molar-refractivity contribution >= 4 is 18.8 Å². The van der Waals surface area contributed by atoms with Gasteiger partial charge in [-0.3, -0.25) is 0 Å². The maximum Gasteiger partial charge on any atom is -2.00 e. The molecule has 0 bridgehead atoms. The molecule has 0 amide bonds. The summed E-state index contributed by atoms with van der Waals surface area (Å²) in [6.07, 6.45) is 0. The van der Waals surface area contributed by atoms with E-state index in [-0.39, 0.29) is 16.4 Å². The van der Waals surface area contributed by atoms with E-state index in [1.54, 1.807) is 0 Å². The molecule has 0 aliphatic carbocycles. The molecular weight excluding hydrogens is 405 g/mol. The average Bonchev–Trinajstić information content (AvgIpc) is 1.35. The quantitative estimate of drug-likeness (QED) is 0.587. The molecule has 4 nitrogen and oxygen atoms in total. The molecule has 0 fully saturated rings. The topological polar surface area (TPSA) is 94.7 Å². The minimum atomic E-state index is -1.71. The Hall–Kier alpha value is 1.30. The van der Waals surface area contributed by atoms with E-state index in [0.29, 0.717) is 0 Å². The zero-order valence-corrected chi connectivity index (χ0v) is 11.1. The summed E-state index contributed by atoms with van der Waals surface area (Å²) in [5.74, 6) is 0. The van der Waals surface area contributed by atoms with Gasteiger partial charge < -0.3 is 16.4 Å². The monoisotopic (exact) mass is 416 g/mol. The Morgan fingerprint density at radius 2 is 1.11 bits per heavy atom. The first-order valence-electron chi connectivity index (χ1n) is 1.86. The summed E-state index contributed by atoms with van der Waals surface area (Å²) in [6, 6.07) is 0. The summed E-state index contributed by atoms with van der Waals surface area (Å²) in [6.45, 7) is 0. The van der Waals surface area contributed by atoms with E-state index in [0.717, 1.165) is 0 Å². The molecule has 56 valence electrons. The van der Waals surface area contributed by atoms with Crippen LogP contribution in [-0.2, 0) is 37.8 Å². The van der Waals surface area contributed by atoms with Crippen molar-refractivity contribution in [2.45, 2.75) is 14.8 Å². The molecule has 0 rings (SSSR count). The van der Waals surface area contributed by atoms with E-state index in [2.05, 4.69) is 14.8 Å². The van der Waals surface area contributed by atoms with Crippen LogP contribution in [0, 0.1) is 0 Å². The first kappa shape index (κ1) is 22.4. The Morgan fingerprint density at radius 3 is 1.11 bits per heavy atom. The smallest absolute Gasteiger partial charge is 2.00 e. The minimum absolute atomic E-state index is 0. The van der Waals surface area contributed by atoms with Crippen molar-refractivity contribution in [1.82, 2.24) is 0 Å². The predicted octanol–water partition coefficient (Wildman–Crippen LogP) is 0.943. The third-order valence-corrected chi connectivity index (χ3v) is 12.7. The molecule has 0 spiro atoms. The molecular formula is C3H9O4ReSn. The summed E-state index contributed by atoms with van der Waals surface area (Å²) in [7, 11) is 0. The van der Waals surface area contributed by atoms with Crippen LogP contribution < -0.4 is 0 Å². The maximum absolute atomic E-state index is 5.20. The normalized spacial score (nSPS) is 8.11. The fraction of sp³-hybridized carbons (Fsp3) is 1.00. The van der Waals surface area contributed by atoms with E-state index >= 15 is 0 Å². The van der Waals surface area contributed by atoms with Crippen LogP contribution in [-0.4, -0.2) is 18.8 Å². The molecule has 0 saturated heterocycles. The van der Waals surface area contributed by atoms with Crippen LogP contribution in [0.25, 0.3) is 0 Å². The van der Waals surface area contributed by atoms with Crippen molar-refractivity contribution in [3.05, 3.63) is 0 Å². The van der Waals surface area contributed by atoms with Crippen LogP contribution in [0.3, 0.4) is 0 Å². The van der Waals surface area contributed by atoms with Crippen molar-refractivity contribution in [2.24, 2.45) is 0 Å². The van der Waals surface area contributed by atoms with Gasteiger partial charge >= 0.3 is 55.0 Å². The van der Waals surface area contributed by atoms with Crippen LogP contribution in [0.4, 0.5) is 0 Å². The summed E-state index contributed by atoms with van der Waals surface area (Å²) in [4.78, 5) is 6.73. The molecule has 0 aliphatic rings. The molecule has 0 saturated carbocycles. The summed E-state index contributed by atoms with van der Waals surface area (Å²) >= 11 is -0.249. The van der Waals surface area contributed by atoms with E-state index in [1.165, 1.54) is 19.6 Å². The molecule has 0 aromatic carbocycles. The number of hydrogen-bond acceptors (Lipinski definition) is 1. The second kappa shape index (κ2) is 9.30. The first-order valence-corrected chi connectivity index (χ1v) is 12.7. The summed E-state index contributed by atoms with van der Waals surface area (Å²) in [5.41, 5.74) is 0. The Bertz CT molecular complexity index is 45.6. The molecule has 0 aromatic rings. The first-order chi connectivity index (χ1) is 2.56. The van der Waals surface area contributed by atoms with Crippen LogP contribution in [0.1, 0.15) is 0 Å². The Morgan fingerprint density at radius 1 is 1.00 bits per heavy atom. The fourth-order valence-electron chi connectivity index (χ4n) is 0. The number of hydrogen-bond donors (Lipinski definition) is 0. The maximum atomic E-state index is 5.20. The second-order valence-corrected chi connectivity index (χ2v) is 18.4. The Labute approximate surface area is 71.2 Å². The largest absolute Gasteiger partial charge is 2.00 e. The average molecular weight is 414 g/mol. The number of rotatable bonds is 1. The van der Waals surface area contributed by atoms with Crippen LogP contribution in [0.5, 0.6) is 0 Å². The van der Waals surface area contributed by atoms with Crippen LogP contribution >= 0.6 is 0 Å². The Balaban J connectivity index is -0.0000000417. The van der Waals surface area contributed by atoms with E-state index in [4.69, 9.17) is 1.80 Å². The van der Waals surface area contributed by atoms with Crippen LogP contribution in [0.15, 0.2) is 0 Å². The van der Waals surface area contributed by atoms with Gasteiger partial charge in [0.1, 0.15) is 0 Å². The van der Waals surface area contributed by atoms with Gasteiger partial charge in [0.15, 0.2) is 0 Å². The fourth-order valence-corrected chi connectivity index (χ4v) is 0. The molecule has 0 N–H and O–H groups in total. The summed E-state index contributed by atoms with van der Waals surface area (Å²) < 4.78 is 5.20. The van der Waals surface area contributed by atoms with Gasteiger partial charge in [-0.1, -0.05) is 0 Å². The molecule has 0 aliphatic heterocycles. The van der Waals surface area contributed by atoms with Gasteiger partial charge in [0.25, 0.3) is 0 Å². The second-order valence-electron chi connectivity index (χ2n) is 2.19. The van der Waals surface area contributed by atoms with Gasteiger partial charge in [-0.15, -0.1) is 0 Å². The van der Waals surface area contributed by atoms with Gasteiger partial charge in [-0.05, 0) is 0 Å². The van der Waals surface area contributed by atoms with Crippen LogP contribution in [0.2, 0.25) is 14.8 Å². The van der Waals surface area contributed by atoms with Gasteiger partial charge in [-0.2, -0.15) is 0 Å². The van der Waals surface area contributed by atoms with Gasteiger partial charge in [0, 0.05) is 0 Å². The van der Waals surface area contributed by atoms with Gasteiger partial charge in [0.05, 0.1) is 0 Å². The zero-order valence-electron chi connectivity index (χ0n) is 5.51. The molecule has 9 heavy (non-hydrogen) atoms. The molecule has 6 heteroatoms. The predicted molar refractivity (Wildman–Crippen MR) is 26.5 cm³/mol. The van der Waals surface area contributed by atoms with Gasteiger partial charge in [-0.25, -0.2) is 0 Å². The zero-order chi connectivity index (χ0) is 5.21. The molecule has 0 aromatic heterocycles. The molecule has 0 atom stereocenters. The summed E-state index contributed by atoms with van der Waals surface area (Å²) in [5, 5.41) is 0. The van der Waals surface area contributed by atoms with Gasteiger partial charge in [0.2, 0.25) is 0 Å². The van der Waals surface area contributed by atoms with Crippen molar-refractivity contribution < 1.29 is 37.8 Å². The SMILES string of the molecule is [CH3][Sn]([CH3])([CH3])[O][Re+6].[O-2].[O-2].[O-2]. The minimum Gasteiger partial charge on any atom is -2.00 e. The van der Waals surface area contributed by atoms with Crippen molar-refractivity contribution in [1.29, 1.82) is 0 Å². The van der Waals surface area contributed by atoms with E-state index in [1.807, 2.05) is 0 Å². The van der Waals surface area contributed by atoms with E-state index in [9.17, 15) is 0 Å². The standard InChI is InChI=1S/3CH3.4O.Re.Sn/h3*1H3;;;;;;/q;;;;3*-2;+6;.